The molecule has 2 amide bonds. The highest BCUT2D eigenvalue weighted by Crippen LogP contribution is 2.65. The molecule has 5 rings (SSSR count). The van der Waals surface area contributed by atoms with Gasteiger partial charge in [0.1, 0.15) is 6.04 Å². The van der Waals surface area contributed by atoms with Crippen molar-refractivity contribution < 1.29 is 24.2 Å². The van der Waals surface area contributed by atoms with E-state index in [1.807, 2.05) is 32.9 Å². The second kappa shape index (κ2) is 10.9. The third-order valence-corrected chi connectivity index (χ3v) is 10.5. The number of benzene rings is 1. The minimum Gasteiger partial charge on any atom is -0.465 e. The number of esters is 1. The zero-order valence-electron chi connectivity index (χ0n) is 22.7. The van der Waals surface area contributed by atoms with Gasteiger partial charge in [-0.15, -0.1) is 11.8 Å². The van der Waals surface area contributed by atoms with E-state index in [-0.39, 0.29) is 24.3 Å². The number of hydrogen-bond donors (Lipinski definition) is 1. The lowest BCUT2D eigenvalue weighted by atomic mass is 9.74. The van der Waals surface area contributed by atoms with Gasteiger partial charge in [0.15, 0.2) is 0 Å². The Balaban J connectivity index is 1.67. The number of likely N-dealkylation sites (tertiary alicyclic amines) is 1. The summed E-state index contributed by atoms with van der Waals surface area (Å²) in [4.78, 5) is 46.0. The summed E-state index contributed by atoms with van der Waals surface area (Å²) in [7, 11) is 0. The molecular formula is C30H37ClN2O5S. The van der Waals surface area contributed by atoms with Gasteiger partial charge in [-0.05, 0) is 62.8 Å². The molecular weight excluding hydrogens is 536 g/mol. The molecule has 4 aliphatic heterocycles. The summed E-state index contributed by atoms with van der Waals surface area (Å²) >= 11 is 7.65. The molecule has 1 unspecified atom stereocenters. The fraction of sp³-hybridized carbons (Fsp3) is 0.567. The van der Waals surface area contributed by atoms with Crippen molar-refractivity contribution in [3.8, 4) is 0 Å². The number of allylic oxidation sites excluding steroid dienone is 1. The number of cyclic esters (lactones) is 1. The summed E-state index contributed by atoms with van der Waals surface area (Å²) in [6, 6.07) is 5.64. The van der Waals surface area contributed by atoms with E-state index in [0.29, 0.717) is 30.3 Å². The van der Waals surface area contributed by atoms with Crippen LogP contribution in [-0.4, -0.2) is 69.1 Å². The Morgan fingerprint density at radius 1 is 1.08 bits per heavy atom. The van der Waals surface area contributed by atoms with Crippen LogP contribution in [0.15, 0.2) is 48.6 Å². The lowest BCUT2D eigenvalue weighted by molar-refractivity contribution is -0.154. The Kier molecular flexibility index (Phi) is 7.92. The largest absolute Gasteiger partial charge is 0.465 e. The number of ether oxygens (including phenoxy) is 1. The van der Waals surface area contributed by atoms with Crippen molar-refractivity contribution in [2.24, 2.45) is 17.8 Å². The average molecular weight is 573 g/mol. The van der Waals surface area contributed by atoms with Crippen molar-refractivity contribution in [3.05, 3.63) is 53.6 Å². The molecule has 4 aliphatic rings. The van der Waals surface area contributed by atoms with E-state index >= 15 is 0 Å². The average Bonchev–Trinajstić information content (AvgIpc) is 3.23. The first-order valence-corrected chi connectivity index (χ1v) is 15.0. The monoisotopic (exact) mass is 572 g/mol. The van der Waals surface area contributed by atoms with Gasteiger partial charge in [-0.1, -0.05) is 49.8 Å². The maximum absolute atomic E-state index is 14.6. The second-order valence-corrected chi connectivity index (χ2v) is 13.8. The van der Waals surface area contributed by atoms with E-state index in [4.69, 9.17) is 16.3 Å². The number of thioether (sulfide) groups is 1. The minimum atomic E-state index is -0.990. The lowest BCUT2D eigenvalue weighted by Crippen LogP contribution is -2.57. The number of rotatable bonds is 5. The first-order chi connectivity index (χ1) is 18.6. The highest BCUT2D eigenvalue weighted by molar-refractivity contribution is 8.02. The van der Waals surface area contributed by atoms with Gasteiger partial charge in [0, 0.05) is 22.0 Å². The molecule has 2 fully saturated rings. The first-order valence-electron chi connectivity index (χ1n) is 13.8. The zero-order chi connectivity index (χ0) is 27.9. The van der Waals surface area contributed by atoms with Crippen LogP contribution in [0, 0.1) is 17.8 Å². The molecule has 0 saturated carbocycles. The van der Waals surface area contributed by atoms with Gasteiger partial charge in [-0.2, -0.15) is 0 Å². The number of aliphatic hydroxyl groups is 1. The molecule has 0 radical (unpaired) electrons. The standard InChI is InChI=1S/C30H37ClN2O5S/c1-19(2)17-22(18-34)33-25-27(36)32(21-11-9-20(31)10-12-21)15-8-14-30(25)23(26(33)35)24-28(37)38-16-7-5-4-6-13-29(24,3)39-30/h6,8-14,19,22-25,34H,4-5,7,15-18H2,1-3H3/b13-6-/t22-,23+,24+,25?,29-,30+/m1/s1. The Morgan fingerprint density at radius 3 is 2.51 bits per heavy atom. The van der Waals surface area contributed by atoms with Gasteiger partial charge in [0.2, 0.25) is 5.91 Å². The molecule has 1 aromatic rings. The number of aliphatic hydroxyl groups excluding tert-OH is 1. The molecule has 1 spiro atoms. The number of carbonyl (C=O) groups excluding carboxylic acids is 3. The van der Waals surface area contributed by atoms with Gasteiger partial charge in [0.05, 0.1) is 35.8 Å². The molecule has 39 heavy (non-hydrogen) atoms. The van der Waals surface area contributed by atoms with Crippen LogP contribution in [0.25, 0.3) is 0 Å². The minimum absolute atomic E-state index is 0.189. The molecule has 0 aromatic heterocycles. The quantitative estimate of drug-likeness (QED) is 0.409. The molecule has 210 valence electrons. The molecule has 4 heterocycles. The van der Waals surface area contributed by atoms with E-state index in [1.165, 1.54) is 11.8 Å². The zero-order valence-corrected chi connectivity index (χ0v) is 24.3. The molecule has 1 N–H and O–H groups in total. The highest BCUT2D eigenvalue weighted by atomic mass is 35.5. The maximum atomic E-state index is 14.6. The maximum Gasteiger partial charge on any atom is 0.311 e. The topological polar surface area (TPSA) is 87.2 Å². The van der Waals surface area contributed by atoms with Crippen LogP contribution in [0.2, 0.25) is 5.02 Å². The van der Waals surface area contributed by atoms with E-state index in [2.05, 4.69) is 12.2 Å². The van der Waals surface area contributed by atoms with Gasteiger partial charge in [0.25, 0.3) is 5.91 Å². The van der Waals surface area contributed by atoms with E-state index < -0.39 is 39.4 Å². The van der Waals surface area contributed by atoms with Gasteiger partial charge in [-0.3, -0.25) is 14.4 Å². The van der Waals surface area contributed by atoms with E-state index in [9.17, 15) is 19.5 Å². The highest BCUT2D eigenvalue weighted by Gasteiger charge is 2.74. The van der Waals surface area contributed by atoms with E-state index in [1.54, 1.807) is 34.1 Å². The lowest BCUT2D eigenvalue weighted by Gasteiger charge is -2.40. The third-order valence-electron chi connectivity index (χ3n) is 8.42. The van der Waals surface area contributed by atoms with Crippen molar-refractivity contribution in [3.63, 3.8) is 0 Å². The summed E-state index contributed by atoms with van der Waals surface area (Å²) in [6.45, 7) is 6.42. The Morgan fingerprint density at radius 2 is 1.82 bits per heavy atom. The number of fused-ring (bicyclic) bond motifs is 2. The van der Waals surface area contributed by atoms with Crippen molar-refractivity contribution in [2.75, 3.05) is 24.7 Å². The van der Waals surface area contributed by atoms with Crippen LogP contribution in [0.1, 0.15) is 46.5 Å². The molecule has 6 atom stereocenters. The number of nitrogens with zero attached hydrogens (tertiary/aromatic N) is 2. The normalized spacial score (nSPS) is 34.3. The molecule has 7 nitrogen and oxygen atoms in total. The van der Waals surface area contributed by atoms with Crippen molar-refractivity contribution >= 4 is 46.8 Å². The summed E-state index contributed by atoms with van der Waals surface area (Å²) in [5.74, 6) is -2.24. The fourth-order valence-corrected chi connectivity index (χ4v) is 9.07. The van der Waals surface area contributed by atoms with Crippen LogP contribution in [0.5, 0.6) is 0 Å². The molecule has 0 aliphatic carbocycles. The SMILES string of the molecule is CC(C)C[C@H](CO)N1C(=O)[C@@H]2[C@H]3C(=O)OCCCC/C=C\[C@@]3(C)S[C@@]23C=CCN(c2ccc(Cl)cc2)C(=O)C13. The third kappa shape index (κ3) is 4.82. The predicted octanol–water partition coefficient (Wildman–Crippen LogP) is 4.62. The number of amides is 2. The smallest absolute Gasteiger partial charge is 0.311 e. The summed E-state index contributed by atoms with van der Waals surface area (Å²) in [5, 5.41) is 11.1. The van der Waals surface area contributed by atoms with Gasteiger partial charge < -0.3 is 19.6 Å². The second-order valence-electron chi connectivity index (χ2n) is 11.6. The first kappa shape index (κ1) is 28.2. The van der Waals surface area contributed by atoms with E-state index in [0.717, 1.165) is 19.3 Å². The number of carbonyl (C=O) groups is 3. The van der Waals surface area contributed by atoms with Crippen LogP contribution in [0.3, 0.4) is 0 Å². The number of hydrogen-bond acceptors (Lipinski definition) is 6. The van der Waals surface area contributed by atoms with Crippen LogP contribution >= 0.6 is 23.4 Å². The Hall–Kier alpha value is -2.29. The Bertz CT molecular complexity index is 1190. The van der Waals surface area contributed by atoms with Crippen LogP contribution < -0.4 is 4.90 Å². The summed E-state index contributed by atoms with van der Waals surface area (Å²) in [5.41, 5.74) is 0.680. The van der Waals surface area contributed by atoms with Crippen molar-refractivity contribution in [1.29, 1.82) is 0 Å². The summed E-state index contributed by atoms with van der Waals surface area (Å²) < 4.78 is 4.02. The molecule has 2 saturated heterocycles. The number of anilines is 1. The summed E-state index contributed by atoms with van der Waals surface area (Å²) in [6.07, 6.45) is 11.2. The predicted molar refractivity (Wildman–Crippen MR) is 154 cm³/mol. The van der Waals surface area contributed by atoms with Crippen molar-refractivity contribution in [2.45, 2.75) is 68.0 Å². The number of halogens is 1. The fourth-order valence-electron chi connectivity index (χ4n) is 6.80. The van der Waals surface area contributed by atoms with Crippen LogP contribution in [-0.2, 0) is 19.1 Å². The molecule has 1 aromatic carbocycles. The van der Waals surface area contributed by atoms with Crippen LogP contribution in [0.4, 0.5) is 5.69 Å². The molecule has 9 heteroatoms. The Labute approximate surface area is 239 Å². The van der Waals surface area contributed by atoms with Gasteiger partial charge >= 0.3 is 5.97 Å². The van der Waals surface area contributed by atoms with Gasteiger partial charge in [-0.25, -0.2) is 0 Å². The van der Waals surface area contributed by atoms with Crippen molar-refractivity contribution in [1.82, 2.24) is 4.90 Å². The molecule has 0 bridgehead atoms.